The monoisotopic (exact) mass is 514 g/mol. The van der Waals surface area contributed by atoms with Gasteiger partial charge in [-0.2, -0.15) is 0 Å². The Morgan fingerprint density at radius 3 is 2.25 bits per heavy atom. The van der Waals surface area contributed by atoms with Gasteiger partial charge in [0.1, 0.15) is 6.54 Å². The number of nitrogens with zero attached hydrogens (tertiary/aromatic N) is 1. The van der Waals surface area contributed by atoms with Gasteiger partial charge in [-0.1, -0.05) is 52.3 Å². The number of carbonyl (C=O) groups is 1. The molecule has 168 valence electrons. The Morgan fingerprint density at radius 2 is 1.59 bits per heavy atom. The second-order valence-electron chi connectivity index (χ2n) is 7.89. The second-order valence-corrected chi connectivity index (χ2v) is 10.7. The summed E-state index contributed by atoms with van der Waals surface area (Å²) in [5.74, 6) is -0.380. The van der Waals surface area contributed by atoms with Crippen LogP contribution in [-0.2, 0) is 14.8 Å². The summed E-state index contributed by atoms with van der Waals surface area (Å²) in [5.41, 5.74) is 4.85. The summed E-state index contributed by atoms with van der Waals surface area (Å²) in [4.78, 5) is 13.1. The molecule has 1 N–H and O–H groups in total. The van der Waals surface area contributed by atoms with Gasteiger partial charge in [-0.15, -0.1) is 0 Å². The fourth-order valence-corrected chi connectivity index (χ4v) is 5.43. The number of hydrogen-bond acceptors (Lipinski definition) is 3. The number of hydrogen-bond donors (Lipinski definition) is 1. The van der Waals surface area contributed by atoms with Crippen LogP contribution in [0.25, 0.3) is 0 Å². The van der Waals surface area contributed by atoms with Gasteiger partial charge in [-0.05, 0) is 80.3 Å². The average molecular weight is 515 g/mol. The van der Waals surface area contributed by atoms with Gasteiger partial charge in [0, 0.05) is 4.47 Å². The van der Waals surface area contributed by atoms with Gasteiger partial charge in [-0.25, -0.2) is 8.42 Å². The fraction of sp³-hybridized carbons (Fsp3) is 0.240. The van der Waals surface area contributed by atoms with Crippen molar-refractivity contribution in [2.75, 3.05) is 10.8 Å². The predicted octanol–water partition coefficient (Wildman–Crippen LogP) is 5.45. The number of carbonyl (C=O) groups excluding carboxylic acids is 1. The number of amides is 1. The lowest BCUT2D eigenvalue weighted by Gasteiger charge is -2.26. The minimum absolute atomic E-state index is 0.130. The van der Waals surface area contributed by atoms with Crippen LogP contribution in [0.15, 0.2) is 76.1 Å². The van der Waals surface area contributed by atoms with Gasteiger partial charge in [0.25, 0.3) is 10.0 Å². The molecule has 0 heterocycles. The number of anilines is 1. The molecule has 0 saturated carbocycles. The zero-order valence-corrected chi connectivity index (χ0v) is 21.0. The Morgan fingerprint density at radius 1 is 0.938 bits per heavy atom. The Bertz CT molecular complexity index is 1230. The number of halogens is 1. The summed E-state index contributed by atoms with van der Waals surface area (Å²) in [6, 6.07) is 19.0. The van der Waals surface area contributed by atoms with Crippen molar-refractivity contribution in [3.63, 3.8) is 0 Å². The van der Waals surface area contributed by atoms with E-state index < -0.39 is 10.0 Å². The molecule has 0 unspecified atom stereocenters. The van der Waals surface area contributed by atoms with Crippen LogP contribution in [0.2, 0.25) is 0 Å². The van der Waals surface area contributed by atoms with E-state index in [1.165, 1.54) is 17.7 Å². The van der Waals surface area contributed by atoms with Crippen molar-refractivity contribution in [1.82, 2.24) is 5.32 Å². The molecule has 5 nitrogen and oxygen atoms in total. The highest BCUT2D eigenvalue weighted by Gasteiger charge is 2.28. The Labute approximate surface area is 198 Å². The maximum Gasteiger partial charge on any atom is 0.264 e. The molecule has 0 radical (unpaired) electrons. The van der Waals surface area contributed by atoms with E-state index in [0.29, 0.717) is 5.69 Å². The quantitative estimate of drug-likeness (QED) is 0.455. The molecule has 7 heteroatoms. The summed E-state index contributed by atoms with van der Waals surface area (Å²) in [6.45, 7) is 7.68. The molecule has 0 aliphatic heterocycles. The van der Waals surface area contributed by atoms with Crippen LogP contribution < -0.4 is 9.62 Å². The lowest BCUT2D eigenvalue weighted by molar-refractivity contribution is -0.120. The van der Waals surface area contributed by atoms with E-state index in [4.69, 9.17) is 0 Å². The molecule has 0 bridgehead atoms. The third-order valence-electron chi connectivity index (χ3n) is 5.44. The van der Waals surface area contributed by atoms with Gasteiger partial charge >= 0.3 is 0 Å². The van der Waals surface area contributed by atoms with E-state index in [1.807, 2.05) is 26.8 Å². The third-order valence-corrected chi connectivity index (χ3v) is 7.72. The Balaban J connectivity index is 1.90. The van der Waals surface area contributed by atoms with Crippen molar-refractivity contribution < 1.29 is 13.2 Å². The van der Waals surface area contributed by atoms with E-state index in [9.17, 15) is 13.2 Å². The lowest BCUT2D eigenvalue weighted by atomic mass is 9.96. The molecule has 0 aromatic heterocycles. The summed E-state index contributed by atoms with van der Waals surface area (Å²) >= 11 is 3.39. The van der Waals surface area contributed by atoms with Crippen LogP contribution in [0, 0.1) is 20.8 Å². The zero-order valence-electron chi connectivity index (χ0n) is 18.6. The molecule has 1 atom stereocenters. The van der Waals surface area contributed by atoms with Crippen molar-refractivity contribution in [2.45, 2.75) is 38.6 Å². The largest absolute Gasteiger partial charge is 0.348 e. The molecule has 0 fully saturated rings. The van der Waals surface area contributed by atoms with Crippen LogP contribution in [0.1, 0.15) is 35.2 Å². The van der Waals surface area contributed by atoms with Crippen LogP contribution in [0.4, 0.5) is 5.69 Å². The molecule has 32 heavy (non-hydrogen) atoms. The van der Waals surface area contributed by atoms with Crippen molar-refractivity contribution in [2.24, 2.45) is 0 Å². The molecular formula is C25H27BrN2O3S. The van der Waals surface area contributed by atoms with E-state index in [-0.39, 0.29) is 23.4 Å². The van der Waals surface area contributed by atoms with E-state index in [1.54, 1.807) is 36.4 Å². The number of rotatable bonds is 7. The molecule has 0 spiro atoms. The van der Waals surface area contributed by atoms with Crippen LogP contribution in [0.3, 0.4) is 0 Å². The average Bonchev–Trinajstić information content (AvgIpc) is 2.75. The molecular weight excluding hydrogens is 488 g/mol. The first-order valence-corrected chi connectivity index (χ1v) is 12.5. The minimum atomic E-state index is -3.94. The van der Waals surface area contributed by atoms with Crippen molar-refractivity contribution in [3.05, 3.63) is 93.5 Å². The number of sulfonamides is 1. The number of benzene rings is 3. The minimum Gasteiger partial charge on any atom is -0.348 e. The molecule has 1 amide bonds. The van der Waals surface area contributed by atoms with Crippen LogP contribution in [0.5, 0.6) is 0 Å². The topological polar surface area (TPSA) is 66.5 Å². The van der Waals surface area contributed by atoms with E-state index >= 15 is 0 Å². The Hall–Kier alpha value is -2.64. The molecule has 3 aromatic carbocycles. The third kappa shape index (κ3) is 5.40. The first-order valence-electron chi connectivity index (χ1n) is 10.3. The highest BCUT2D eigenvalue weighted by atomic mass is 79.9. The summed E-state index contributed by atoms with van der Waals surface area (Å²) in [5, 5.41) is 2.97. The normalized spacial score (nSPS) is 12.3. The highest BCUT2D eigenvalue weighted by molar-refractivity contribution is 9.10. The lowest BCUT2D eigenvalue weighted by Crippen LogP contribution is -2.41. The molecule has 0 aliphatic carbocycles. The summed E-state index contributed by atoms with van der Waals surface area (Å²) < 4.78 is 28.7. The maximum absolute atomic E-state index is 13.4. The smallest absolute Gasteiger partial charge is 0.264 e. The van der Waals surface area contributed by atoms with Crippen molar-refractivity contribution >= 4 is 37.5 Å². The van der Waals surface area contributed by atoms with Crippen LogP contribution >= 0.6 is 15.9 Å². The van der Waals surface area contributed by atoms with E-state index in [2.05, 4.69) is 40.3 Å². The van der Waals surface area contributed by atoms with Gasteiger partial charge in [-0.3, -0.25) is 9.10 Å². The van der Waals surface area contributed by atoms with Crippen molar-refractivity contribution in [3.8, 4) is 0 Å². The van der Waals surface area contributed by atoms with Gasteiger partial charge in [0.05, 0.1) is 16.6 Å². The number of nitrogens with one attached hydrogen (secondary N) is 1. The maximum atomic E-state index is 13.4. The standard InChI is InChI=1S/C25H27BrN2O3S/c1-17-13-19(3)24(14-18(17)2)20(4)27-25(29)16-28(22-10-8-9-21(26)15-22)32(30,31)23-11-6-5-7-12-23/h5-15,20H,16H2,1-4H3,(H,27,29)/t20-/m1/s1. The SMILES string of the molecule is Cc1cc(C)c([C@@H](C)NC(=O)CN(c2cccc(Br)c2)S(=O)(=O)c2ccccc2)cc1C. The molecule has 3 rings (SSSR count). The van der Waals surface area contributed by atoms with Gasteiger partial charge < -0.3 is 5.32 Å². The molecule has 0 saturated heterocycles. The molecule has 0 aliphatic rings. The molecule has 3 aromatic rings. The van der Waals surface area contributed by atoms with Crippen molar-refractivity contribution in [1.29, 1.82) is 0 Å². The van der Waals surface area contributed by atoms with E-state index in [0.717, 1.165) is 25.5 Å². The fourth-order valence-electron chi connectivity index (χ4n) is 3.61. The van der Waals surface area contributed by atoms with Crippen LogP contribution in [-0.4, -0.2) is 20.9 Å². The Kier molecular flexibility index (Phi) is 7.41. The van der Waals surface area contributed by atoms with Gasteiger partial charge in [0.15, 0.2) is 0 Å². The second kappa shape index (κ2) is 9.88. The summed E-state index contributed by atoms with van der Waals surface area (Å²) in [6.07, 6.45) is 0. The first-order chi connectivity index (χ1) is 15.1. The van der Waals surface area contributed by atoms with Gasteiger partial charge in [0.2, 0.25) is 5.91 Å². The highest BCUT2D eigenvalue weighted by Crippen LogP contribution is 2.27. The zero-order chi connectivity index (χ0) is 23.5. The predicted molar refractivity (Wildman–Crippen MR) is 132 cm³/mol. The number of aryl methyl sites for hydroxylation is 3. The first kappa shape index (κ1) is 24.0. The summed E-state index contributed by atoms with van der Waals surface area (Å²) in [7, 11) is -3.94.